The molecule has 2 aliphatic heterocycles. The molecule has 0 radical (unpaired) electrons. The van der Waals surface area contributed by atoms with Crippen LogP contribution >= 0.6 is 0 Å². The van der Waals surface area contributed by atoms with Gasteiger partial charge in [0.05, 0.1) is 28.7 Å². The number of anilines is 1. The lowest BCUT2D eigenvalue weighted by Crippen LogP contribution is -2.46. The van der Waals surface area contributed by atoms with Gasteiger partial charge in [0.2, 0.25) is 5.82 Å². The van der Waals surface area contributed by atoms with E-state index in [0.717, 1.165) is 6.42 Å². The number of halogens is 2. The first-order valence-electron chi connectivity index (χ1n) is 14.2. The Morgan fingerprint density at radius 1 is 1.09 bits per heavy atom. The zero-order chi connectivity index (χ0) is 29.7. The SMILES string of the molecule is CCC1CC(c2nc3c(-c4ccc(-c5c(F)cccc5F)nc4)cnn3c3c2C(=O)CCN3)CCN1C(=O)c1ncn[nH]1. The zero-order valence-corrected chi connectivity index (χ0v) is 23.2. The van der Waals surface area contributed by atoms with Crippen molar-refractivity contribution in [2.24, 2.45) is 0 Å². The highest BCUT2D eigenvalue weighted by molar-refractivity contribution is 6.04. The highest BCUT2D eigenvalue weighted by atomic mass is 19.1. The monoisotopic (exact) mass is 583 g/mol. The third-order valence-electron chi connectivity index (χ3n) is 8.34. The van der Waals surface area contributed by atoms with E-state index < -0.39 is 11.6 Å². The molecule has 1 fully saturated rings. The van der Waals surface area contributed by atoms with Crippen molar-refractivity contribution in [2.75, 3.05) is 18.4 Å². The third kappa shape index (κ3) is 4.51. The van der Waals surface area contributed by atoms with E-state index in [0.29, 0.717) is 66.2 Å². The van der Waals surface area contributed by atoms with Crippen LogP contribution in [0.15, 0.2) is 49.1 Å². The Labute approximate surface area is 244 Å². The molecule has 13 heteroatoms. The summed E-state index contributed by atoms with van der Waals surface area (Å²) in [5.41, 5.74) is 3.07. The molecule has 11 nitrogen and oxygen atoms in total. The first-order valence-corrected chi connectivity index (χ1v) is 14.2. The van der Waals surface area contributed by atoms with E-state index in [-0.39, 0.29) is 40.7 Å². The fraction of sp³-hybridized carbons (Fsp3) is 0.300. The number of pyridine rings is 1. The smallest absolute Gasteiger partial charge is 0.291 e. The van der Waals surface area contributed by atoms with E-state index >= 15 is 0 Å². The Kier molecular flexibility index (Phi) is 6.63. The average Bonchev–Trinajstić information content (AvgIpc) is 3.72. The molecule has 1 saturated heterocycles. The summed E-state index contributed by atoms with van der Waals surface area (Å²) < 4.78 is 30.3. The highest BCUT2D eigenvalue weighted by Crippen LogP contribution is 2.39. The number of nitrogens with one attached hydrogen (secondary N) is 2. The summed E-state index contributed by atoms with van der Waals surface area (Å²) in [6.45, 7) is 2.99. The van der Waals surface area contributed by atoms with Crippen LogP contribution in [0.25, 0.3) is 28.0 Å². The van der Waals surface area contributed by atoms with Crippen LogP contribution < -0.4 is 5.32 Å². The van der Waals surface area contributed by atoms with Crippen molar-refractivity contribution in [3.8, 4) is 22.4 Å². The van der Waals surface area contributed by atoms with Gasteiger partial charge in [0, 0.05) is 48.8 Å². The number of aromatic amines is 1. The molecule has 5 aromatic rings. The molecule has 43 heavy (non-hydrogen) atoms. The standard InChI is InChI=1S/C30H27F2N9O2/c1-2-18-12-16(9-11-40(18)30(43)27-35-15-36-39-27)26-25-23(42)8-10-33-29(25)41-28(38-26)19(14-37-41)17-6-7-22(34-13-17)24-20(31)4-3-5-21(24)32/h3-7,13-16,18,33H,2,8-12H2,1H3,(H,35,36,39). The first kappa shape index (κ1) is 26.8. The van der Waals surface area contributed by atoms with Crippen LogP contribution in [-0.2, 0) is 0 Å². The van der Waals surface area contributed by atoms with Crippen molar-refractivity contribution in [1.29, 1.82) is 0 Å². The number of hydrogen-bond donors (Lipinski definition) is 2. The maximum atomic E-state index is 14.4. The molecule has 218 valence electrons. The lowest BCUT2D eigenvalue weighted by molar-refractivity contribution is 0.0570. The van der Waals surface area contributed by atoms with Crippen molar-refractivity contribution < 1.29 is 18.4 Å². The van der Waals surface area contributed by atoms with Gasteiger partial charge in [-0.2, -0.15) is 14.7 Å². The number of likely N-dealkylation sites (tertiary alicyclic amines) is 1. The number of H-pyrrole nitrogens is 1. The molecule has 0 spiro atoms. The maximum absolute atomic E-state index is 14.4. The van der Waals surface area contributed by atoms with Crippen LogP contribution in [-0.4, -0.2) is 70.5 Å². The number of Topliss-reactive ketones (excluding diaryl/α,β-unsaturated/α-hetero) is 1. The van der Waals surface area contributed by atoms with E-state index in [4.69, 9.17) is 4.98 Å². The second-order valence-corrected chi connectivity index (χ2v) is 10.8. The molecular formula is C30H27F2N9O2. The van der Waals surface area contributed by atoms with E-state index in [1.165, 1.54) is 30.7 Å². The topological polar surface area (TPSA) is 134 Å². The molecule has 6 heterocycles. The van der Waals surface area contributed by atoms with E-state index in [2.05, 4.69) is 30.6 Å². The molecular weight excluding hydrogens is 556 g/mol. The fourth-order valence-corrected chi connectivity index (χ4v) is 6.21. The predicted molar refractivity (Wildman–Crippen MR) is 152 cm³/mol. The Morgan fingerprint density at radius 3 is 2.65 bits per heavy atom. The highest BCUT2D eigenvalue weighted by Gasteiger charge is 2.37. The number of ketones is 1. The number of nitrogens with zero attached hydrogens (tertiary/aromatic N) is 7. The van der Waals surface area contributed by atoms with Crippen LogP contribution in [0.1, 0.15) is 65.2 Å². The maximum Gasteiger partial charge on any atom is 0.291 e. The molecule has 1 amide bonds. The number of aromatic nitrogens is 7. The average molecular weight is 584 g/mol. The van der Waals surface area contributed by atoms with Crippen LogP contribution in [0.5, 0.6) is 0 Å². The largest absolute Gasteiger partial charge is 0.369 e. The predicted octanol–water partition coefficient (Wildman–Crippen LogP) is 4.65. The molecule has 2 unspecified atom stereocenters. The molecule has 2 atom stereocenters. The zero-order valence-electron chi connectivity index (χ0n) is 23.2. The van der Waals surface area contributed by atoms with Gasteiger partial charge >= 0.3 is 0 Å². The summed E-state index contributed by atoms with van der Waals surface area (Å²) >= 11 is 0. The van der Waals surface area contributed by atoms with E-state index in [1.807, 2.05) is 11.8 Å². The number of carbonyl (C=O) groups excluding carboxylic acids is 2. The minimum absolute atomic E-state index is 0.00125. The van der Waals surface area contributed by atoms with Crippen LogP contribution in [0, 0.1) is 11.6 Å². The van der Waals surface area contributed by atoms with Gasteiger partial charge in [-0.3, -0.25) is 19.7 Å². The van der Waals surface area contributed by atoms with Gasteiger partial charge in [0.25, 0.3) is 5.91 Å². The Morgan fingerprint density at radius 2 is 1.93 bits per heavy atom. The van der Waals surface area contributed by atoms with Crippen LogP contribution in [0.4, 0.5) is 14.6 Å². The number of carbonyl (C=O) groups is 2. The number of rotatable bonds is 5. The molecule has 0 bridgehead atoms. The van der Waals surface area contributed by atoms with Crippen molar-refractivity contribution >= 4 is 23.2 Å². The minimum atomic E-state index is -0.691. The normalized spacial score (nSPS) is 18.5. The van der Waals surface area contributed by atoms with Crippen molar-refractivity contribution in [3.05, 3.63) is 77.8 Å². The van der Waals surface area contributed by atoms with Gasteiger partial charge in [-0.15, -0.1) is 0 Å². The Bertz CT molecular complexity index is 1830. The van der Waals surface area contributed by atoms with Gasteiger partial charge in [0.1, 0.15) is 23.8 Å². The van der Waals surface area contributed by atoms with E-state index in [9.17, 15) is 18.4 Å². The number of hydrogen-bond acceptors (Lipinski definition) is 8. The number of benzene rings is 1. The summed E-state index contributed by atoms with van der Waals surface area (Å²) in [4.78, 5) is 41.7. The van der Waals surface area contributed by atoms with E-state index in [1.54, 1.807) is 22.8 Å². The molecule has 7 rings (SSSR count). The minimum Gasteiger partial charge on any atom is -0.369 e. The van der Waals surface area contributed by atoms with Crippen molar-refractivity contribution in [1.82, 2.24) is 39.7 Å². The third-order valence-corrected chi connectivity index (χ3v) is 8.34. The molecule has 0 aliphatic carbocycles. The molecule has 2 N–H and O–H groups in total. The summed E-state index contributed by atoms with van der Waals surface area (Å²) in [7, 11) is 0. The van der Waals surface area contributed by atoms with Crippen LogP contribution in [0.2, 0.25) is 0 Å². The fourth-order valence-electron chi connectivity index (χ4n) is 6.21. The van der Waals surface area contributed by atoms with Gasteiger partial charge in [-0.05, 0) is 37.5 Å². The second-order valence-electron chi connectivity index (χ2n) is 10.8. The summed E-state index contributed by atoms with van der Waals surface area (Å²) in [5, 5.41) is 14.4. The lowest BCUT2D eigenvalue weighted by atomic mass is 9.83. The van der Waals surface area contributed by atoms with Gasteiger partial charge < -0.3 is 10.2 Å². The van der Waals surface area contributed by atoms with Crippen molar-refractivity contribution in [3.63, 3.8) is 0 Å². The summed E-state index contributed by atoms with van der Waals surface area (Å²) in [6.07, 6.45) is 6.83. The van der Waals surface area contributed by atoms with Gasteiger partial charge in [0.15, 0.2) is 11.4 Å². The summed E-state index contributed by atoms with van der Waals surface area (Å²) in [5.74, 6) is -0.855. The first-order chi connectivity index (χ1) is 20.9. The molecule has 1 aromatic carbocycles. The number of amides is 1. The summed E-state index contributed by atoms with van der Waals surface area (Å²) in [6, 6.07) is 6.92. The molecule has 4 aromatic heterocycles. The Hall–Kier alpha value is -5.07. The lowest BCUT2D eigenvalue weighted by Gasteiger charge is -2.39. The van der Waals surface area contributed by atoms with Crippen LogP contribution in [0.3, 0.4) is 0 Å². The van der Waals surface area contributed by atoms with Gasteiger partial charge in [-0.25, -0.2) is 18.7 Å². The Balaban J connectivity index is 1.27. The molecule has 0 saturated carbocycles. The van der Waals surface area contributed by atoms with Gasteiger partial charge in [-0.1, -0.05) is 19.1 Å². The quantitative estimate of drug-likeness (QED) is 0.305. The second kappa shape index (κ2) is 10.6. The molecule has 2 aliphatic rings. The number of piperidine rings is 1. The number of fused-ring (bicyclic) bond motifs is 3. The van der Waals surface area contributed by atoms with Crippen molar-refractivity contribution in [2.45, 2.75) is 44.6 Å².